The van der Waals surface area contributed by atoms with Crippen LogP contribution >= 0.6 is 23.2 Å². The lowest BCUT2D eigenvalue weighted by Gasteiger charge is -2.03. The third-order valence-corrected chi connectivity index (χ3v) is 2.86. The Morgan fingerprint density at radius 2 is 1.82 bits per heavy atom. The molecule has 0 saturated carbocycles. The fourth-order valence-corrected chi connectivity index (χ4v) is 1.75. The van der Waals surface area contributed by atoms with Crippen LogP contribution in [0.1, 0.15) is 16.1 Å². The summed E-state index contributed by atoms with van der Waals surface area (Å²) in [6.45, 7) is 0. The molecule has 4 heteroatoms. The largest absolute Gasteiger partial charge is 0.274 e. The van der Waals surface area contributed by atoms with Gasteiger partial charge in [-0.2, -0.15) is 0 Å². The number of carbonyl (C=O) groups is 1. The molecule has 0 aliphatic carbocycles. The molecule has 2 nitrogen and oxygen atoms in total. The normalized spacial score (nSPS) is 10.2. The van der Waals surface area contributed by atoms with E-state index in [1.165, 1.54) is 0 Å². The Hall–Kier alpha value is -1.38. The van der Waals surface area contributed by atoms with E-state index in [0.29, 0.717) is 5.88 Å². The van der Waals surface area contributed by atoms with Crippen LogP contribution in [-0.2, 0) is 5.88 Å². The predicted octanol–water partition coefficient (Wildman–Crippen LogP) is 3.87. The van der Waals surface area contributed by atoms with Gasteiger partial charge in [0.15, 0.2) is 0 Å². The Kier molecular flexibility index (Phi) is 3.77. The standard InChI is InChI=1S/C13H9Cl2NO/c14-8-9-4-6-10(7-5-9)11-2-1-3-12(16-11)13(15)17/h1-7H,8H2. The van der Waals surface area contributed by atoms with Gasteiger partial charge in [0.2, 0.25) is 0 Å². The minimum atomic E-state index is -0.552. The number of aromatic nitrogens is 1. The molecule has 0 spiro atoms. The quantitative estimate of drug-likeness (QED) is 0.623. The van der Waals surface area contributed by atoms with Crippen LogP contribution in [0, 0.1) is 0 Å². The van der Waals surface area contributed by atoms with E-state index in [4.69, 9.17) is 23.2 Å². The van der Waals surface area contributed by atoms with Crippen LogP contribution in [0.15, 0.2) is 42.5 Å². The Labute approximate surface area is 109 Å². The molecule has 1 aromatic carbocycles. The lowest BCUT2D eigenvalue weighted by Crippen LogP contribution is -1.95. The maximum atomic E-state index is 11.0. The zero-order valence-electron chi connectivity index (χ0n) is 8.86. The Morgan fingerprint density at radius 1 is 1.12 bits per heavy atom. The third-order valence-electron chi connectivity index (χ3n) is 2.35. The molecule has 0 atom stereocenters. The smallest absolute Gasteiger partial charge is 0.270 e. The van der Waals surface area contributed by atoms with Crippen LogP contribution in [0.25, 0.3) is 11.3 Å². The topological polar surface area (TPSA) is 30.0 Å². The van der Waals surface area contributed by atoms with Crippen molar-refractivity contribution in [1.29, 1.82) is 0 Å². The van der Waals surface area contributed by atoms with Crippen molar-refractivity contribution in [1.82, 2.24) is 4.98 Å². The number of nitrogens with zero attached hydrogens (tertiary/aromatic N) is 1. The van der Waals surface area contributed by atoms with E-state index in [2.05, 4.69) is 4.98 Å². The molecular weight excluding hydrogens is 257 g/mol. The second-order valence-corrected chi connectivity index (χ2v) is 4.12. The van der Waals surface area contributed by atoms with Crippen LogP contribution in [-0.4, -0.2) is 10.2 Å². The highest BCUT2D eigenvalue weighted by Gasteiger charge is 2.05. The molecular formula is C13H9Cl2NO. The van der Waals surface area contributed by atoms with Crippen molar-refractivity contribution in [2.75, 3.05) is 0 Å². The van der Waals surface area contributed by atoms with Gasteiger partial charge in [0.25, 0.3) is 5.24 Å². The fraction of sp³-hybridized carbons (Fsp3) is 0.0769. The first-order valence-corrected chi connectivity index (χ1v) is 5.94. The predicted molar refractivity (Wildman–Crippen MR) is 69.4 cm³/mol. The van der Waals surface area contributed by atoms with Crippen LogP contribution in [0.3, 0.4) is 0 Å². The molecule has 0 aliphatic rings. The number of pyridine rings is 1. The Balaban J connectivity index is 2.38. The van der Waals surface area contributed by atoms with Gasteiger partial charge in [0.05, 0.1) is 5.69 Å². The van der Waals surface area contributed by atoms with E-state index in [0.717, 1.165) is 16.8 Å². The number of alkyl halides is 1. The van der Waals surface area contributed by atoms with E-state index < -0.39 is 5.24 Å². The zero-order chi connectivity index (χ0) is 12.3. The molecule has 2 aromatic rings. The molecule has 0 radical (unpaired) electrons. The van der Waals surface area contributed by atoms with Gasteiger partial charge in [-0.05, 0) is 29.3 Å². The van der Waals surface area contributed by atoms with Gasteiger partial charge in [0.1, 0.15) is 5.69 Å². The first kappa shape index (κ1) is 12.1. The summed E-state index contributed by atoms with van der Waals surface area (Å²) < 4.78 is 0. The zero-order valence-corrected chi connectivity index (χ0v) is 10.4. The van der Waals surface area contributed by atoms with E-state index in [1.807, 2.05) is 30.3 Å². The molecule has 0 bridgehead atoms. The summed E-state index contributed by atoms with van der Waals surface area (Å²) in [4.78, 5) is 15.2. The Morgan fingerprint density at radius 3 is 2.41 bits per heavy atom. The van der Waals surface area contributed by atoms with Crippen LogP contribution < -0.4 is 0 Å². The van der Waals surface area contributed by atoms with Gasteiger partial charge in [-0.25, -0.2) is 4.98 Å². The summed E-state index contributed by atoms with van der Waals surface area (Å²) in [5.74, 6) is 0.480. The molecule has 2 rings (SSSR count). The number of carbonyl (C=O) groups excluding carboxylic acids is 1. The minimum Gasteiger partial charge on any atom is -0.274 e. The van der Waals surface area contributed by atoms with Crippen LogP contribution in [0.5, 0.6) is 0 Å². The first-order valence-electron chi connectivity index (χ1n) is 5.03. The summed E-state index contributed by atoms with van der Waals surface area (Å²) in [5, 5.41) is -0.552. The molecule has 1 aromatic heterocycles. The van der Waals surface area contributed by atoms with Crippen LogP contribution in [0.4, 0.5) is 0 Å². The van der Waals surface area contributed by atoms with Crippen molar-refractivity contribution in [2.24, 2.45) is 0 Å². The van der Waals surface area contributed by atoms with Crippen molar-refractivity contribution in [3.8, 4) is 11.3 Å². The summed E-state index contributed by atoms with van der Waals surface area (Å²) in [6, 6.07) is 12.9. The van der Waals surface area contributed by atoms with Gasteiger partial charge in [0, 0.05) is 11.4 Å². The van der Waals surface area contributed by atoms with E-state index in [9.17, 15) is 4.79 Å². The van der Waals surface area contributed by atoms with E-state index >= 15 is 0 Å². The average Bonchev–Trinajstić information content (AvgIpc) is 2.39. The molecule has 1 heterocycles. The highest BCUT2D eigenvalue weighted by molar-refractivity contribution is 6.67. The van der Waals surface area contributed by atoms with Gasteiger partial charge in [-0.15, -0.1) is 11.6 Å². The summed E-state index contributed by atoms with van der Waals surface area (Å²) in [5.41, 5.74) is 2.95. The summed E-state index contributed by atoms with van der Waals surface area (Å²) >= 11 is 11.1. The van der Waals surface area contributed by atoms with Crippen molar-refractivity contribution in [3.05, 3.63) is 53.7 Å². The summed E-state index contributed by atoms with van der Waals surface area (Å²) in [7, 11) is 0. The first-order chi connectivity index (χ1) is 8.20. The number of halogens is 2. The average molecular weight is 266 g/mol. The summed E-state index contributed by atoms with van der Waals surface area (Å²) in [6.07, 6.45) is 0. The van der Waals surface area contributed by atoms with Gasteiger partial charge < -0.3 is 0 Å². The minimum absolute atomic E-state index is 0.255. The molecule has 0 saturated heterocycles. The van der Waals surface area contributed by atoms with Gasteiger partial charge >= 0.3 is 0 Å². The SMILES string of the molecule is O=C(Cl)c1cccc(-c2ccc(CCl)cc2)n1. The molecule has 0 unspecified atom stereocenters. The van der Waals surface area contributed by atoms with Crippen molar-refractivity contribution in [3.63, 3.8) is 0 Å². The number of benzene rings is 1. The van der Waals surface area contributed by atoms with Gasteiger partial charge in [-0.1, -0.05) is 30.3 Å². The van der Waals surface area contributed by atoms with Crippen molar-refractivity contribution >= 4 is 28.4 Å². The van der Waals surface area contributed by atoms with E-state index in [1.54, 1.807) is 12.1 Å². The molecule has 17 heavy (non-hydrogen) atoms. The monoisotopic (exact) mass is 265 g/mol. The van der Waals surface area contributed by atoms with Crippen LogP contribution in [0.2, 0.25) is 0 Å². The fourth-order valence-electron chi connectivity index (χ4n) is 1.47. The maximum absolute atomic E-state index is 11.0. The molecule has 0 N–H and O–H groups in total. The molecule has 0 aliphatic heterocycles. The number of rotatable bonds is 3. The van der Waals surface area contributed by atoms with E-state index in [-0.39, 0.29) is 5.69 Å². The highest BCUT2D eigenvalue weighted by atomic mass is 35.5. The van der Waals surface area contributed by atoms with Crippen molar-refractivity contribution in [2.45, 2.75) is 5.88 Å². The number of hydrogen-bond donors (Lipinski definition) is 0. The van der Waals surface area contributed by atoms with Crippen molar-refractivity contribution < 1.29 is 4.79 Å². The highest BCUT2D eigenvalue weighted by Crippen LogP contribution is 2.19. The number of hydrogen-bond acceptors (Lipinski definition) is 2. The Bertz CT molecular complexity index is 537. The second kappa shape index (κ2) is 5.30. The molecule has 0 amide bonds. The maximum Gasteiger partial charge on any atom is 0.270 e. The third kappa shape index (κ3) is 2.84. The second-order valence-electron chi connectivity index (χ2n) is 3.51. The van der Waals surface area contributed by atoms with Gasteiger partial charge in [-0.3, -0.25) is 4.79 Å². The lowest BCUT2D eigenvalue weighted by molar-refractivity contribution is 0.107. The molecule has 86 valence electrons. The lowest BCUT2D eigenvalue weighted by atomic mass is 10.1. The molecule has 0 fully saturated rings.